The van der Waals surface area contributed by atoms with E-state index in [2.05, 4.69) is 0 Å². The van der Waals surface area contributed by atoms with Gasteiger partial charge in [-0.05, 0) is 44.5 Å². The smallest absolute Gasteiger partial charge is 0.414 e. The maximum Gasteiger partial charge on any atom is 0.414 e. The second kappa shape index (κ2) is 11.4. The highest BCUT2D eigenvalue weighted by Crippen LogP contribution is 2.28. The highest BCUT2D eigenvalue weighted by Gasteiger charge is 2.27. The van der Waals surface area contributed by atoms with Gasteiger partial charge in [-0.15, -0.1) is 0 Å². The number of ether oxygens (including phenoxy) is 3. The molecule has 0 aromatic heterocycles. The van der Waals surface area contributed by atoms with Crippen molar-refractivity contribution in [2.45, 2.75) is 38.8 Å². The maximum absolute atomic E-state index is 12.7. The molecule has 0 fully saturated rings. The topological polar surface area (TPSA) is 111 Å². The molecule has 10 heteroatoms. The zero-order valence-electron chi connectivity index (χ0n) is 20.3. The molecule has 10 nitrogen and oxygen atoms in total. The third-order valence-corrected chi connectivity index (χ3v) is 4.67. The van der Waals surface area contributed by atoms with Gasteiger partial charge in [0.1, 0.15) is 17.1 Å². The molecule has 0 saturated heterocycles. The van der Waals surface area contributed by atoms with E-state index in [1.54, 1.807) is 78.3 Å². The van der Waals surface area contributed by atoms with Crippen molar-refractivity contribution < 1.29 is 28.7 Å². The van der Waals surface area contributed by atoms with E-state index in [0.29, 0.717) is 17.9 Å². The number of nitro benzene ring substituents is 1. The lowest BCUT2D eigenvalue weighted by molar-refractivity contribution is -0.384. The molecule has 2 aromatic carbocycles. The Morgan fingerprint density at radius 1 is 1.00 bits per heavy atom. The Balaban J connectivity index is 2.18. The summed E-state index contributed by atoms with van der Waals surface area (Å²) in [5.41, 5.74) is 0.0445. The quantitative estimate of drug-likeness (QED) is 0.390. The molecule has 0 radical (unpaired) electrons. The SMILES string of the molecule is CN(C)C(=O)Oc1ccc(C(CCOc2cccc([N+](=O)[O-])c2)N(C)C(=O)OC(C)(C)C)cc1. The summed E-state index contributed by atoms with van der Waals surface area (Å²) in [5.74, 6) is 0.729. The van der Waals surface area contributed by atoms with Crippen LogP contribution < -0.4 is 9.47 Å². The molecule has 1 atom stereocenters. The van der Waals surface area contributed by atoms with Crippen LogP contribution in [-0.2, 0) is 4.74 Å². The first-order chi connectivity index (χ1) is 15.9. The van der Waals surface area contributed by atoms with E-state index in [9.17, 15) is 19.7 Å². The molecule has 0 aliphatic heterocycles. The van der Waals surface area contributed by atoms with Crippen molar-refractivity contribution >= 4 is 17.9 Å². The summed E-state index contributed by atoms with van der Waals surface area (Å²) in [6.45, 7) is 5.55. The van der Waals surface area contributed by atoms with Gasteiger partial charge in [0.25, 0.3) is 5.69 Å². The Labute approximate surface area is 199 Å². The van der Waals surface area contributed by atoms with Crippen molar-refractivity contribution in [2.75, 3.05) is 27.7 Å². The molecule has 0 N–H and O–H groups in total. The van der Waals surface area contributed by atoms with Crippen molar-refractivity contribution in [1.82, 2.24) is 9.80 Å². The van der Waals surface area contributed by atoms with Crippen molar-refractivity contribution in [3.05, 3.63) is 64.2 Å². The van der Waals surface area contributed by atoms with Gasteiger partial charge in [0, 0.05) is 33.6 Å². The second-order valence-corrected chi connectivity index (χ2v) is 8.83. The van der Waals surface area contributed by atoms with Crippen LogP contribution in [0.1, 0.15) is 38.8 Å². The summed E-state index contributed by atoms with van der Waals surface area (Å²) in [4.78, 5) is 37.8. The molecule has 0 saturated carbocycles. The van der Waals surface area contributed by atoms with E-state index in [4.69, 9.17) is 14.2 Å². The van der Waals surface area contributed by atoms with Gasteiger partial charge in [-0.25, -0.2) is 9.59 Å². The normalized spacial score (nSPS) is 11.8. The van der Waals surface area contributed by atoms with Gasteiger partial charge >= 0.3 is 12.2 Å². The minimum absolute atomic E-state index is 0.0669. The van der Waals surface area contributed by atoms with Gasteiger partial charge in [0.05, 0.1) is 23.6 Å². The van der Waals surface area contributed by atoms with Gasteiger partial charge in [-0.2, -0.15) is 0 Å². The van der Waals surface area contributed by atoms with Crippen LogP contribution in [0.5, 0.6) is 11.5 Å². The lowest BCUT2D eigenvalue weighted by Gasteiger charge is -2.31. The molecule has 1 unspecified atom stereocenters. The van der Waals surface area contributed by atoms with Gasteiger partial charge in [-0.1, -0.05) is 18.2 Å². The Hall–Kier alpha value is -3.82. The van der Waals surface area contributed by atoms with Crippen LogP contribution in [0.3, 0.4) is 0 Å². The van der Waals surface area contributed by atoms with Crippen LogP contribution in [0, 0.1) is 10.1 Å². The van der Waals surface area contributed by atoms with Crippen LogP contribution in [0.2, 0.25) is 0 Å². The maximum atomic E-state index is 12.7. The van der Waals surface area contributed by atoms with Crippen LogP contribution in [0.15, 0.2) is 48.5 Å². The highest BCUT2D eigenvalue weighted by molar-refractivity contribution is 5.70. The molecule has 0 heterocycles. The first kappa shape index (κ1) is 26.4. The monoisotopic (exact) mass is 473 g/mol. The molecular formula is C24H31N3O7. The third kappa shape index (κ3) is 7.95. The highest BCUT2D eigenvalue weighted by atomic mass is 16.6. The number of non-ortho nitro benzene ring substituents is 1. The molecule has 2 amide bonds. The zero-order chi connectivity index (χ0) is 25.5. The number of nitrogens with zero attached hydrogens (tertiary/aromatic N) is 3. The molecule has 0 aliphatic carbocycles. The lowest BCUT2D eigenvalue weighted by atomic mass is 10.0. The fourth-order valence-corrected chi connectivity index (χ4v) is 2.97. The average molecular weight is 474 g/mol. The molecule has 2 rings (SSSR count). The number of amides is 2. The largest absolute Gasteiger partial charge is 0.493 e. The number of rotatable bonds is 8. The zero-order valence-corrected chi connectivity index (χ0v) is 20.3. The number of hydrogen-bond donors (Lipinski definition) is 0. The fourth-order valence-electron chi connectivity index (χ4n) is 2.97. The lowest BCUT2D eigenvalue weighted by Crippen LogP contribution is -2.37. The van der Waals surface area contributed by atoms with E-state index >= 15 is 0 Å². The van der Waals surface area contributed by atoms with Crippen LogP contribution in [0.25, 0.3) is 0 Å². The first-order valence-corrected chi connectivity index (χ1v) is 10.7. The fraction of sp³-hybridized carbons (Fsp3) is 0.417. The molecule has 2 aromatic rings. The van der Waals surface area contributed by atoms with E-state index in [1.807, 2.05) is 0 Å². The van der Waals surface area contributed by atoms with E-state index in [0.717, 1.165) is 5.56 Å². The number of carbonyl (C=O) groups is 2. The van der Waals surface area contributed by atoms with Gasteiger partial charge < -0.3 is 24.0 Å². The minimum atomic E-state index is -0.667. The molecular weight excluding hydrogens is 442 g/mol. The summed E-state index contributed by atoms with van der Waals surface area (Å²) in [5, 5.41) is 11.0. The van der Waals surface area contributed by atoms with Crippen molar-refractivity contribution in [2.24, 2.45) is 0 Å². The van der Waals surface area contributed by atoms with E-state index in [1.165, 1.54) is 21.9 Å². The Kier molecular flexibility index (Phi) is 8.83. The number of hydrogen-bond acceptors (Lipinski definition) is 7. The van der Waals surface area contributed by atoms with Gasteiger partial charge in [0.2, 0.25) is 0 Å². The number of nitro groups is 1. The molecule has 0 spiro atoms. The summed E-state index contributed by atoms with van der Waals surface area (Å²) >= 11 is 0. The first-order valence-electron chi connectivity index (χ1n) is 10.7. The number of benzene rings is 2. The third-order valence-electron chi connectivity index (χ3n) is 4.67. The standard InChI is InChI=1S/C24H31N3O7/c1-24(2,3)34-23(29)26(6)21(14-15-32-20-9-7-8-18(16-20)27(30)31)17-10-12-19(13-11-17)33-22(28)25(4)5/h7-13,16,21H,14-15H2,1-6H3. The molecule has 184 valence electrons. The van der Waals surface area contributed by atoms with E-state index < -0.39 is 28.8 Å². The van der Waals surface area contributed by atoms with Crippen LogP contribution in [0.4, 0.5) is 15.3 Å². The summed E-state index contributed by atoms with van der Waals surface area (Å²) in [7, 11) is 4.81. The Bertz CT molecular complexity index is 1000. The second-order valence-electron chi connectivity index (χ2n) is 8.83. The predicted molar refractivity (Wildman–Crippen MR) is 126 cm³/mol. The van der Waals surface area contributed by atoms with Crippen molar-refractivity contribution in [1.29, 1.82) is 0 Å². The minimum Gasteiger partial charge on any atom is -0.493 e. The average Bonchev–Trinajstić information content (AvgIpc) is 2.76. The Morgan fingerprint density at radius 2 is 1.65 bits per heavy atom. The molecule has 0 bridgehead atoms. The summed E-state index contributed by atoms with van der Waals surface area (Å²) in [6, 6.07) is 12.3. The molecule has 34 heavy (non-hydrogen) atoms. The van der Waals surface area contributed by atoms with Crippen LogP contribution in [-0.4, -0.2) is 60.3 Å². The van der Waals surface area contributed by atoms with Gasteiger partial charge in [-0.3, -0.25) is 10.1 Å². The van der Waals surface area contributed by atoms with E-state index in [-0.39, 0.29) is 12.3 Å². The van der Waals surface area contributed by atoms with Crippen LogP contribution >= 0.6 is 0 Å². The van der Waals surface area contributed by atoms with Crippen molar-refractivity contribution in [3.63, 3.8) is 0 Å². The predicted octanol–water partition coefficient (Wildman–Crippen LogP) is 5.03. The van der Waals surface area contributed by atoms with Crippen molar-refractivity contribution in [3.8, 4) is 11.5 Å². The summed E-state index contributed by atoms with van der Waals surface area (Å²) in [6.07, 6.45) is -0.619. The Morgan fingerprint density at radius 3 is 2.21 bits per heavy atom. The molecule has 0 aliphatic rings. The summed E-state index contributed by atoms with van der Waals surface area (Å²) < 4.78 is 16.5. The number of carbonyl (C=O) groups excluding carboxylic acids is 2. The van der Waals surface area contributed by atoms with Gasteiger partial charge in [0.15, 0.2) is 0 Å².